The molecule has 2 aromatic heterocycles. The summed E-state index contributed by atoms with van der Waals surface area (Å²) < 4.78 is 1.97. The largest absolute Gasteiger partial charge is 0.312 e. The Hall–Kier alpha value is -1.50. The van der Waals surface area contributed by atoms with Gasteiger partial charge in [-0.05, 0) is 15.9 Å². The fourth-order valence-corrected chi connectivity index (χ4v) is 1.85. The topological polar surface area (TPSA) is 76.5 Å². The minimum absolute atomic E-state index is 0.231. The van der Waals surface area contributed by atoms with Crippen molar-refractivity contribution in [1.29, 1.82) is 0 Å². The molecule has 6 nitrogen and oxygen atoms in total. The molecule has 0 aliphatic heterocycles. The molecular weight excluding hydrogens is 286 g/mol. The maximum absolute atomic E-state index is 11.5. The van der Waals surface area contributed by atoms with Crippen molar-refractivity contribution in [2.24, 2.45) is 0 Å². The molecule has 90 valence electrons. The van der Waals surface area contributed by atoms with Gasteiger partial charge in [0.2, 0.25) is 0 Å². The van der Waals surface area contributed by atoms with Crippen LogP contribution in [0.3, 0.4) is 0 Å². The smallest absolute Gasteiger partial charge is 0.267 e. The summed E-state index contributed by atoms with van der Waals surface area (Å²) in [6.07, 6.45) is 2.84. The van der Waals surface area contributed by atoms with Crippen molar-refractivity contribution in [2.75, 3.05) is 0 Å². The first-order valence-electron chi connectivity index (χ1n) is 5.35. The van der Waals surface area contributed by atoms with Crippen LogP contribution in [-0.4, -0.2) is 24.7 Å². The zero-order valence-corrected chi connectivity index (χ0v) is 11.2. The quantitative estimate of drug-likeness (QED) is 0.925. The van der Waals surface area contributed by atoms with Gasteiger partial charge >= 0.3 is 0 Å². The summed E-state index contributed by atoms with van der Waals surface area (Å²) in [5.41, 5.74) is -0.231. The third-order valence-electron chi connectivity index (χ3n) is 2.33. The molecule has 0 saturated carbocycles. The molecule has 0 amide bonds. The Morgan fingerprint density at radius 1 is 1.41 bits per heavy atom. The van der Waals surface area contributed by atoms with Gasteiger partial charge in [-0.15, -0.1) is 5.10 Å². The van der Waals surface area contributed by atoms with E-state index in [4.69, 9.17) is 0 Å². The number of nitrogens with zero attached hydrogens (tertiary/aromatic N) is 4. The normalized spacial score (nSPS) is 10.8. The molecule has 7 heteroatoms. The van der Waals surface area contributed by atoms with Crippen molar-refractivity contribution < 1.29 is 0 Å². The Morgan fingerprint density at radius 2 is 2.18 bits per heavy atom. The monoisotopic (exact) mass is 297 g/mol. The van der Waals surface area contributed by atoms with Crippen molar-refractivity contribution >= 4 is 15.9 Å². The standard InChI is InChI=1S/C10H12BrN5O/c1-3-6-14-7(4-2)16(15-6)9-8(11)10(17)13-5-12-9/h5H,3-4H2,1-2H3,(H,12,13,17). The van der Waals surface area contributed by atoms with Gasteiger partial charge in [0.25, 0.3) is 5.56 Å². The molecule has 0 aliphatic carbocycles. The molecule has 0 fully saturated rings. The molecule has 0 atom stereocenters. The average Bonchev–Trinajstić information content (AvgIpc) is 2.76. The van der Waals surface area contributed by atoms with Crippen molar-refractivity contribution in [2.45, 2.75) is 26.7 Å². The lowest BCUT2D eigenvalue weighted by Crippen LogP contribution is -2.14. The van der Waals surface area contributed by atoms with Crippen LogP contribution in [0.1, 0.15) is 25.5 Å². The molecule has 0 aromatic carbocycles. The molecule has 2 heterocycles. The molecule has 0 radical (unpaired) electrons. The Balaban J connectivity index is 2.63. The number of nitrogens with one attached hydrogen (secondary N) is 1. The number of H-pyrrole nitrogens is 1. The number of hydrogen-bond acceptors (Lipinski definition) is 4. The second-order valence-corrected chi connectivity index (χ2v) is 4.23. The van der Waals surface area contributed by atoms with Gasteiger partial charge in [-0.25, -0.2) is 9.97 Å². The van der Waals surface area contributed by atoms with Gasteiger partial charge in [0.15, 0.2) is 11.6 Å². The predicted molar refractivity (Wildman–Crippen MR) is 66.2 cm³/mol. The van der Waals surface area contributed by atoms with Gasteiger partial charge in [-0.3, -0.25) is 4.79 Å². The maximum atomic E-state index is 11.5. The van der Waals surface area contributed by atoms with E-state index in [2.05, 4.69) is 36.0 Å². The molecule has 17 heavy (non-hydrogen) atoms. The number of aromatic amines is 1. The summed E-state index contributed by atoms with van der Waals surface area (Å²) in [5.74, 6) is 2.01. The summed E-state index contributed by atoms with van der Waals surface area (Å²) in [4.78, 5) is 22.5. The van der Waals surface area contributed by atoms with E-state index in [0.29, 0.717) is 10.3 Å². The van der Waals surface area contributed by atoms with Crippen LogP contribution in [0.4, 0.5) is 0 Å². The SMILES string of the molecule is CCc1nc(CC)n(-c2nc[nH]c(=O)c2Br)n1. The lowest BCUT2D eigenvalue weighted by atomic mass is 10.4. The van der Waals surface area contributed by atoms with Crippen molar-refractivity contribution in [1.82, 2.24) is 24.7 Å². The summed E-state index contributed by atoms with van der Waals surface area (Å²) in [5, 5.41) is 4.33. The molecule has 0 unspecified atom stereocenters. The number of hydrogen-bond donors (Lipinski definition) is 1. The fraction of sp³-hybridized carbons (Fsp3) is 0.400. The zero-order valence-electron chi connectivity index (χ0n) is 9.57. The highest BCUT2D eigenvalue weighted by atomic mass is 79.9. The second kappa shape index (κ2) is 4.79. The average molecular weight is 298 g/mol. The Kier molecular flexibility index (Phi) is 3.37. The Morgan fingerprint density at radius 3 is 2.82 bits per heavy atom. The van der Waals surface area contributed by atoms with Gasteiger partial charge in [0, 0.05) is 12.8 Å². The lowest BCUT2D eigenvalue weighted by molar-refractivity contribution is 0.758. The van der Waals surface area contributed by atoms with E-state index in [-0.39, 0.29) is 5.56 Å². The summed E-state index contributed by atoms with van der Waals surface area (Å²) in [7, 11) is 0. The molecule has 0 bridgehead atoms. The van der Waals surface area contributed by atoms with E-state index in [0.717, 1.165) is 24.5 Å². The number of aromatic nitrogens is 5. The van der Waals surface area contributed by atoms with Crippen LogP contribution in [0, 0.1) is 0 Å². The van der Waals surface area contributed by atoms with Crippen molar-refractivity contribution in [3.8, 4) is 5.82 Å². The lowest BCUT2D eigenvalue weighted by Gasteiger charge is -2.03. The number of aryl methyl sites for hydroxylation is 2. The van der Waals surface area contributed by atoms with Crippen molar-refractivity contribution in [3.63, 3.8) is 0 Å². The van der Waals surface area contributed by atoms with Crippen LogP contribution in [0.15, 0.2) is 15.6 Å². The highest BCUT2D eigenvalue weighted by Gasteiger charge is 2.14. The molecule has 2 rings (SSSR count). The highest BCUT2D eigenvalue weighted by molar-refractivity contribution is 9.10. The second-order valence-electron chi connectivity index (χ2n) is 3.43. The molecule has 0 spiro atoms. The zero-order chi connectivity index (χ0) is 12.4. The summed E-state index contributed by atoms with van der Waals surface area (Å²) in [6, 6.07) is 0. The van der Waals surface area contributed by atoms with Gasteiger partial charge in [-0.2, -0.15) is 4.68 Å². The van der Waals surface area contributed by atoms with Gasteiger partial charge in [0.1, 0.15) is 10.3 Å². The first-order chi connectivity index (χ1) is 8.17. The van der Waals surface area contributed by atoms with E-state index in [1.165, 1.54) is 6.33 Å². The van der Waals surface area contributed by atoms with Crippen LogP contribution < -0.4 is 5.56 Å². The summed E-state index contributed by atoms with van der Waals surface area (Å²) >= 11 is 3.22. The first-order valence-corrected chi connectivity index (χ1v) is 6.15. The Labute approximate surface area is 106 Å². The minimum Gasteiger partial charge on any atom is -0.312 e. The van der Waals surface area contributed by atoms with Gasteiger partial charge in [0.05, 0.1) is 6.33 Å². The van der Waals surface area contributed by atoms with E-state index in [1.54, 1.807) is 4.68 Å². The molecule has 0 saturated heterocycles. The number of rotatable bonds is 3. The molecule has 1 N–H and O–H groups in total. The van der Waals surface area contributed by atoms with E-state index < -0.39 is 0 Å². The van der Waals surface area contributed by atoms with E-state index in [1.807, 2.05) is 13.8 Å². The first kappa shape index (κ1) is 12.0. The highest BCUT2D eigenvalue weighted by Crippen LogP contribution is 2.14. The molecule has 2 aromatic rings. The molecule has 0 aliphatic rings. The minimum atomic E-state index is -0.231. The van der Waals surface area contributed by atoms with Gasteiger partial charge < -0.3 is 4.98 Å². The Bertz CT molecular complexity index is 589. The van der Waals surface area contributed by atoms with Crippen LogP contribution in [0.25, 0.3) is 5.82 Å². The third kappa shape index (κ3) is 2.14. The van der Waals surface area contributed by atoms with Crippen LogP contribution in [0.2, 0.25) is 0 Å². The maximum Gasteiger partial charge on any atom is 0.267 e. The van der Waals surface area contributed by atoms with E-state index in [9.17, 15) is 4.79 Å². The van der Waals surface area contributed by atoms with E-state index >= 15 is 0 Å². The van der Waals surface area contributed by atoms with Crippen LogP contribution in [-0.2, 0) is 12.8 Å². The molecular formula is C10H12BrN5O. The fourth-order valence-electron chi connectivity index (χ4n) is 1.46. The number of halogens is 1. The predicted octanol–water partition coefficient (Wildman–Crippen LogP) is 1.24. The van der Waals surface area contributed by atoms with Crippen LogP contribution in [0.5, 0.6) is 0 Å². The van der Waals surface area contributed by atoms with Crippen molar-refractivity contribution in [3.05, 3.63) is 32.8 Å². The van der Waals surface area contributed by atoms with Gasteiger partial charge in [-0.1, -0.05) is 13.8 Å². The van der Waals surface area contributed by atoms with Crippen LogP contribution >= 0.6 is 15.9 Å². The summed E-state index contributed by atoms with van der Waals surface area (Å²) in [6.45, 7) is 3.97. The third-order valence-corrected chi connectivity index (χ3v) is 3.04.